The quantitative estimate of drug-likeness (QED) is 0.596. The van der Waals surface area contributed by atoms with Crippen LogP contribution in [-0.4, -0.2) is 46.5 Å². The number of carboxylic acids is 1. The largest absolute Gasteiger partial charge is 0.478 e. The van der Waals surface area contributed by atoms with Crippen LogP contribution in [0.3, 0.4) is 0 Å². The maximum Gasteiger partial charge on any atom is 0.408 e. The number of carbonyl (C=O) groups excluding carboxylic acids is 3. The van der Waals surface area contributed by atoms with Gasteiger partial charge in [0.1, 0.15) is 12.6 Å². The molecule has 8 heteroatoms. The molecule has 3 amide bonds. The fourth-order valence-corrected chi connectivity index (χ4v) is 1.87. The van der Waals surface area contributed by atoms with E-state index >= 15 is 0 Å². The number of carboxylic acid groups (broad SMARTS) is 1. The number of imide groups is 1. The van der Waals surface area contributed by atoms with Crippen molar-refractivity contribution >= 4 is 23.9 Å². The summed E-state index contributed by atoms with van der Waals surface area (Å²) in [5.41, 5.74) is 0.804. The summed E-state index contributed by atoms with van der Waals surface area (Å²) < 4.78 is 4.96. The Hall–Kier alpha value is -3.16. The van der Waals surface area contributed by atoms with Crippen LogP contribution in [0.4, 0.5) is 4.79 Å². The third kappa shape index (κ3) is 4.40. The molecule has 1 heterocycles. The molecular formula is C15H14N2O6. The van der Waals surface area contributed by atoms with E-state index in [0.717, 1.165) is 16.5 Å². The van der Waals surface area contributed by atoms with Gasteiger partial charge in [0.25, 0.3) is 11.8 Å². The molecule has 1 aromatic rings. The molecule has 120 valence electrons. The van der Waals surface area contributed by atoms with Crippen molar-refractivity contribution in [2.24, 2.45) is 0 Å². The summed E-state index contributed by atoms with van der Waals surface area (Å²) in [6.07, 6.45) is 0.662. The first-order valence-corrected chi connectivity index (χ1v) is 6.71. The highest BCUT2D eigenvalue weighted by Gasteiger charge is 2.41. The monoisotopic (exact) mass is 318 g/mol. The molecule has 2 rings (SSSR count). The van der Waals surface area contributed by atoms with Crippen LogP contribution in [0.5, 0.6) is 0 Å². The minimum absolute atomic E-state index is 0.0257. The zero-order chi connectivity index (χ0) is 16.8. The number of alkyl carbamates (subject to hydrolysis) is 1. The minimum atomic E-state index is -1.29. The van der Waals surface area contributed by atoms with Crippen LogP contribution < -0.4 is 5.32 Å². The SMILES string of the molecule is O=C(O)/C=C\C(=O)N1C[C@H](NC(=O)OCc2ccccc2)C1=O. The van der Waals surface area contributed by atoms with E-state index in [9.17, 15) is 19.2 Å². The average Bonchev–Trinajstić information content (AvgIpc) is 2.54. The van der Waals surface area contributed by atoms with Crippen molar-refractivity contribution in [3.8, 4) is 0 Å². The van der Waals surface area contributed by atoms with E-state index in [4.69, 9.17) is 9.84 Å². The van der Waals surface area contributed by atoms with Gasteiger partial charge in [-0.05, 0) is 5.56 Å². The summed E-state index contributed by atoms with van der Waals surface area (Å²) in [6, 6.07) is 8.18. The van der Waals surface area contributed by atoms with Gasteiger partial charge in [-0.25, -0.2) is 9.59 Å². The zero-order valence-corrected chi connectivity index (χ0v) is 12.0. The number of nitrogens with one attached hydrogen (secondary N) is 1. The maximum absolute atomic E-state index is 11.7. The summed E-state index contributed by atoms with van der Waals surface area (Å²) in [6.45, 7) is 0.0413. The zero-order valence-electron chi connectivity index (χ0n) is 12.0. The number of ether oxygens (including phenoxy) is 1. The lowest BCUT2D eigenvalue weighted by Crippen LogP contribution is -2.65. The third-order valence-electron chi connectivity index (χ3n) is 3.07. The Kier molecular flexibility index (Phi) is 5.08. The molecule has 1 aliphatic rings. The van der Waals surface area contributed by atoms with E-state index in [2.05, 4.69) is 5.32 Å². The molecule has 1 saturated heterocycles. The van der Waals surface area contributed by atoms with Gasteiger partial charge < -0.3 is 15.2 Å². The molecule has 0 radical (unpaired) electrons. The second-order valence-electron chi connectivity index (χ2n) is 4.72. The van der Waals surface area contributed by atoms with Crippen LogP contribution in [0.15, 0.2) is 42.5 Å². The molecule has 0 spiro atoms. The molecule has 1 aromatic carbocycles. The topological polar surface area (TPSA) is 113 Å². The number of hydrogen-bond donors (Lipinski definition) is 2. The van der Waals surface area contributed by atoms with Crippen LogP contribution >= 0.6 is 0 Å². The Morgan fingerprint density at radius 2 is 1.96 bits per heavy atom. The molecule has 1 aliphatic heterocycles. The van der Waals surface area contributed by atoms with Gasteiger partial charge in [0.15, 0.2) is 0 Å². The maximum atomic E-state index is 11.7. The van der Waals surface area contributed by atoms with Gasteiger partial charge in [-0.2, -0.15) is 0 Å². The molecule has 0 saturated carbocycles. The van der Waals surface area contributed by atoms with E-state index in [1.54, 1.807) is 24.3 Å². The van der Waals surface area contributed by atoms with Crippen molar-refractivity contribution in [2.75, 3.05) is 6.54 Å². The van der Waals surface area contributed by atoms with Crippen LogP contribution in [0.2, 0.25) is 0 Å². The molecule has 0 bridgehead atoms. The minimum Gasteiger partial charge on any atom is -0.478 e. The van der Waals surface area contributed by atoms with Crippen LogP contribution in [0, 0.1) is 0 Å². The fourth-order valence-electron chi connectivity index (χ4n) is 1.87. The average molecular weight is 318 g/mol. The summed E-state index contributed by atoms with van der Waals surface area (Å²) in [5.74, 6) is -2.64. The summed E-state index contributed by atoms with van der Waals surface area (Å²) in [5, 5.41) is 10.7. The molecule has 0 unspecified atom stereocenters. The molecule has 8 nitrogen and oxygen atoms in total. The molecule has 2 N–H and O–H groups in total. The third-order valence-corrected chi connectivity index (χ3v) is 3.07. The Morgan fingerprint density at radius 3 is 2.57 bits per heavy atom. The van der Waals surface area contributed by atoms with E-state index in [0.29, 0.717) is 6.08 Å². The van der Waals surface area contributed by atoms with Gasteiger partial charge in [0.05, 0.1) is 6.54 Å². The highest BCUT2D eigenvalue weighted by Crippen LogP contribution is 2.11. The number of rotatable bonds is 5. The van der Waals surface area contributed by atoms with Crippen molar-refractivity contribution in [3.05, 3.63) is 48.0 Å². The Labute approximate surface area is 131 Å². The van der Waals surface area contributed by atoms with Crippen molar-refractivity contribution < 1.29 is 29.0 Å². The highest BCUT2D eigenvalue weighted by atomic mass is 16.5. The number of likely N-dealkylation sites (tertiary alicyclic amines) is 1. The van der Waals surface area contributed by atoms with Gasteiger partial charge in [-0.15, -0.1) is 0 Å². The number of amides is 3. The molecule has 23 heavy (non-hydrogen) atoms. The predicted octanol–water partition coefficient (Wildman–Crippen LogP) is 0.291. The van der Waals surface area contributed by atoms with E-state index < -0.39 is 29.9 Å². The highest BCUT2D eigenvalue weighted by molar-refractivity contribution is 6.08. The van der Waals surface area contributed by atoms with Crippen molar-refractivity contribution in [3.63, 3.8) is 0 Å². The summed E-state index contributed by atoms with van der Waals surface area (Å²) >= 11 is 0. The molecule has 1 fully saturated rings. The Balaban J connectivity index is 1.75. The number of β-lactam (4-membered cyclic amide) rings is 1. The molecule has 1 atom stereocenters. The second kappa shape index (κ2) is 7.21. The summed E-state index contributed by atoms with van der Waals surface area (Å²) in [4.78, 5) is 45.9. The van der Waals surface area contributed by atoms with Crippen LogP contribution in [0.1, 0.15) is 5.56 Å². The van der Waals surface area contributed by atoms with Crippen molar-refractivity contribution in [1.29, 1.82) is 0 Å². The normalized spacial score (nSPS) is 16.8. The van der Waals surface area contributed by atoms with Gasteiger partial charge in [0, 0.05) is 12.2 Å². The van der Waals surface area contributed by atoms with Crippen LogP contribution in [-0.2, 0) is 25.7 Å². The van der Waals surface area contributed by atoms with Crippen LogP contribution in [0.25, 0.3) is 0 Å². The number of nitrogens with zero attached hydrogens (tertiary/aromatic N) is 1. The smallest absolute Gasteiger partial charge is 0.408 e. The molecule has 0 aliphatic carbocycles. The van der Waals surface area contributed by atoms with E-state index in [1.807, 2.05) is 6.07 Å². The Morgan fingerprint density at radius 1 is 1.26 bits per heavy atom. The van der Waals surface area contributed by atoms with Gasteiger partial charge in [-0.3, -0.25) is 14.5 Å². The first-order valence-electron chi connectivity index (χ1n) is 6.71. The Bertz CT molecular complexity index is 655. The first kappa shape index (κ1) is 16.2. The number of aliphatic carboxylic acids is 1. The van der Waals surface area contributed by atoms with Gasteiger partial charge >= 0.3 is 12.1 Å². The van der Waals surface area contributed by atoms with Crippen molar-refractivity contribution in [1.82, 2.24) is 10.2 Å². The predicted molar refractivity (Wildman–Crippen MR) is 77.0 cm³/mol. The van der Waals surface area contributed by atoms with Crippen molar-refractivity contribution in [2.45, 2.75) is 12.6 Å². The lowest BCUT2D eigenvalue weighted by atomic mass is 10.1. The molecule has 0 aromatic heterocycles. The standard InChI is InChI=1S/C15H14N2O6/c18-12(6-7-13(19)20)17-8-11(14(17)21)16-15(22)23-9-10-4-2-1-3-5-10/h1-7,11H,8-9H2,(H,16,22)(H,19,20)/b7-6-/t11-/m0/s1. The summed E-state index contributed by atoms with van der Waals surface area (Å²) in [7, 11) is 0. The second-order valence-corrected chi connectivity index (χ2v) is 4.72. The number of carbonyl (C=O) groups is 4. The van der Waals surface area contributed by atoms with Gasteiger partial charge in [0.2, 0.25) is 0 Å². The number of benzene rings is 1. The van der Waals surface area contributed by atoms with E-state index in [-0.39, 0.29) is 13.2 Å². The van der Waals surface area contributed by atoms with E-state index in [1.165, 1.54) is 0 Å². The lowest BCUT2D eigenvalue weighted by Gasteiger charge is -2.35. The lowest BCUT2D eigenvalue weighted by molar-refractivity contribution is -0.153. The molecular weight excluding hydrogens is 304 g/mol. The van der Waals surface area contributed by atoms with Gasteiger partial charge in [-0.1, -0.05) is 30.3 Å². The first-order chi connectivity index (χ1) is 11.0. The number of hydrogen-bond acceptors (Lipinski definition) is 5. The fraction of sp³-hybridized carbons (Fsp3) is 0.200.